The van der Waals surface area contributed by atoms with Crippen LogP contribution in [0.5, 0.6) is 5.75 Å². The quantitative estimate of drug-likeness (QED) is 0.274. The minimum atomic E-state index is -4.58. The van der Waals surface area contributed by atoms with Crippen LogP contribution in [0.3, 0.4) is 0 Å². The zero-order valence-corrected chi connectivity index (χ0v) is 17.6. The van der Waals surface area contributed by atoms with Crippen LogP contribution in [0.2, 0.25) is 5.02 Å². The molecule has 0 atom stereocenters. The maximum atomic E-state index is 12.9. The molecule has 170 valence electrons. The first-order valence-corrected chi connectivity index (χ1v) is 9.79. The molecule has 3 aromatic rings. The van der Waals surface area contributed by atoms with Crippen LogP contribution in [-0.4, -0.2) is 35.4 Å². The monoisotopic (exact) mass is 476 g/mol. The van der Waals surface area contributed by atoms with Crippen LogP contribution < -0.4 is 15.4 Å². The number of halogens is 4. The minimum absolute atomic E-state index is 0.0444. The predicted octanol–water partition coefficient (Wildman–Crippen LogP) is 3.86. The van der Waals surface area contributed by atoms with Gasteiger partial charge in [0.15, 0.2) is 0 Å². The molecule has 0 aliphatic heterocycles. The Labute approximate surface area is 191 Å². The van der Waals surface area contributed by atoms with Crippen molar-refractivity contribution >= 4 is 29.6 Å². The molecule has 7 nitrogen and oxygen atoms in total. The van der Waals surface area contributed by atoms with E-state index in [0.717, 1.165) is 0 Å². The molecule has 3 rings (SSSR count). The van der Waals surface area contributed by atoms with E-state index in [1.54, 1.807) is 24.3 Å². The smallest absolute Gasteiger partial charge is 0.432 e. The molecule has 0 saturated carbocycles. The van der Waals surface area contributed by atoms with E-state index in [2.05, 4.69) is 32.4 Å². The number of H-pyrrole nitrogens is 1. The van der Waals surface area contributed by atoms with Gasteiger partial charge in [-0.25, -0.2) is 4.98 Å². The van der Waals surface area contributed by atoms with E-state index in [1.165, 1.54) is 18.2 Å². The molecular formula is C22H16ClF3N4O3. The molecule has 0 radical (unpaired) electrons. The van der Waals surface area contributed by atoms with E-state index in [1.807, 2.05) is 0 Å². The summed E-state index contributed by atoms with van der Waals surface area (Å²) < 4.78 is 44.2. The third kappa shape index (κ3) is 6.75. The summed E-state index contributed by atoms with van der Waals surface area (Å²) in [6, 6.07) is 11.0. The Kier molecular flexibility index (Phi) is 7.58. The molecule has 3 N–H and O–H groups in total. The van der Waals surface area contributed by atoms with Gasteiger partial charge in [0.2, 0.25) is 6.41 Å². The van der Waals surface area contributed by atoms with E-state index in [0.29, 0.717) is 23.2 Å². The van der Waals surface area contributed by atoms with Crippen molar-refractivity contribution in [3.8, 4) is 29.0 Å². The molecule has 1 heterocycles. The second-order valence-corrected chi connectivity index (χ2v) is 6.93. The maximum Gasteiger partial charge on any atom is 0.432 e. The van der Waals surface area contributed by atoms with Gasteiger partial charge in [-0.2, -0.15) is 13.2 Å². The third-order valence-corrected chi connectivity index (χ3v) is 4.35. The summed E-state index contributed by atoms with van der Waals surface area (Å²) in [6.45, 7) is 0.300. The second kappa shape index (κ2) is 10.6. The van der Waals surface area contributed by atoms with Crippen LogP contribution in [-0.2, 0) is 15.8 Å². The molecule has 0 aliphatic rings. The summed E-state index contributed by atoms with van der Waals surface area (Å²) >= 11 is 5.90. The lowest BCUT2D eigenvalue weighted by Gasteiger charge is -2.12. The van der Waals surface area contributed by atoms with Gasteiger partial charge in [-0.3, -0.25) is 9.59 Å². The fourth-order valence-corrected chi connectivity index (χ4v) is 2.83. The van der Waals surface area contributed by atoms with Crippen LogP contribution in [0.15, 0.2) is 48.7 Å². The van der Waals surface area contributed by atoms with E-state index in [-0.39, 0.29) is 36.0 Å². The minimum Gasteiger partial charge on any atom is -0.490 e. The highest BCUT2D eigenvalue weighted by molar-refractivity contribution is 6.30. The number of anilines is 1. The normalized spacial score (nSPS) is 10.7. The van der Waals surface area contributed by atoms with Gasteiger partial charge in [0.1, 0.15) is 23.9 Å². The van der Waals surface area contributed by atoms with Crippen LogP contribution >= 0.6 is 11.6 Å². The number of ether oxygens (including phenoxy) is 1. The molecule has 0 bridgehead atoms. The Morgan fingerprint density at radius 3 is 2.76 bits per heavy atom. The number of alkyl halides is 3. The summed E-state index contributed by atoms with van der Waals surface area (Å²) in [5, 5.41) is 5.45. The van der Waals surface area contributed by atoms with E-state index in [4.69, 9.17) is 16.3 Å². The molecule has 2 aromatic carbocycles. The topological polar surface area (TPSA) is 96.1 Å². The Morgan fingerprint density at radius 2 is 2.06 bits per heavy atom. The van der Waals surface area contributed by atoms with Gasteiger partial charge in [0.05, 0.1) is 18.4 Å². The molecule has 0 aliphatic carbocycles. The van der Waals surface area contributed by atoms with Crippen molar-refractivity contribution in [2.24, 2.45) is 0 Å². The molecule has 2 amide bonds. The Balaban J connectivity index is 1.85. The molecule has 1 aromatic heterocycles. The Morgan fingerprint density at radius 1 is 1.24 bits per heavy atom. The van der Waals surface area contributed by atoms with Crippen LogP contribution in [0, 0.1) is 11.8 Å². The number of aromatic nitrogens is 2. The van der Waals surface area contributed by atoms with Gasteiger partial charge in [-0.1, -0.05) is 23.6 Å². The first-order chi connectivity index (χ1) is 15.8. The van der Waals surface area contributed by atoms with Gasteiger partial charge in [0, 0.05) is 22.1 Å². The average molecular weight is 477 g/mol. The lowest BCUT2D eigenvalue weighted by Crippen LogP contribution is -2.19. The predicted molar refractivity (Wildman–Crippen MR) is 116 cm³/mol. The zero-order chi connectivity index (χ0) is 23.8. The number of aromatic amines is 1. The lowest BCUT2D eigenvalue weighted by atomic mass is 10.1. The van der Waals surface area contributed by atoms with Crippen molar-refractivity contribution < 1.29 is 27.5 Å². The Bertz CT molecular complexity index is 1220. The van der Waals surface area contributed by atoms with Gasteiger partial charge >= 0.3 is 12.1 Å². The molecule has 11 heteroatoms. The van der Waals surface area contributed by atoms with E-state index in [9.17, 15) is 22.8 Å². The first-order valence-electron chi connectivity index (χ1n) is 9.41. The Hall–Kier alpha value is -3.97. The summed E-state index contributed by atoms with van der Waals surface area (Å²) in [5.74, 6) is 4.59. The molecule has 33 heavy (non-hydrogen) atoms. The van der Waals surface area contributed by atoms with Gasteiger partial charge < -0.3 is 20.4 Å². The highest BCUT2D eigenvalue weighted by Gasteiger charge is 2.33. The van der Waals surface area contributed by atoms with Crippen molar-refractivity contribution in [1.29, 1.82) is 0 Å². The zero-order valence-electron chi connectivity index (χ0n) is 16.8. The number of carbonyl (C=O) groups excluding carboxylic acids is 2. The number of rotatable bonds is 7. The van der Waals surface area contributed by atoms with E-state index < -0.39 is 17.8 Å². The number of nitrogens with zero attached hydrogens (tertiary/aromatic N) is 1. The molecule has 0 fully saturated rings. The van der Waals surface area contributed by atoms with Crippen molar-refractivity contribution in [3.63, 3.8) is 0 Å². The number of nitrogens with one attached hydrogen (secondary N) is 3. The average Bonchev–Trinajstić information content (AvgIpc) is 3.27. The third-order valence-electron chi connectivity index (χ3n) is 4.11. The highest BCUT2D eigenvalue weighted by Crippen LogP contribution is 2.32. The van der Waals surface area contributed by atoms with Crippen LogP contribution in [0.1, 0.15) is 11.3 Å². The standard InChI is InChI=1S/C22H16ClF3N4O3/c23-16-3-1-2-14(10-16)4-7-20(32)29-17-11-15(5-6-18(17)33-9-8-27-13-31)21-28-12-19(30-21)22(24,25)26/h1-3,5-6,10-13H,8-9H2,(H,27,31)(H,28,30)(H,29,32). The second-order valence-electron chi connectivity index (χ2n) is 6.49. The number of benzene rings is 2. The fraction of sp³-hybridized carbons (Fsp3) is 0.136. The lowest BCUT2D eigenvalue weighted by molar-refractivity contribution is -0.140. The summed E-state index contributed by atoms with van der Waals surface area (Å²) in [7, 11) is 0. The summed E-state index contributed by atoms with van der Waals surface area (Å²) in [5.41, 5.74) is -0.0373. The number of amides is 2. The van der Waals surface area contributed by atoms with Crippen LogP contribution in [0.25, 0.3) is 11.4 Å². The van der Waals surface area contributed by atoms with Gasteiger partial charge in [0.25, 0.3) is 0 Å². The van der Waals surface area contributed by atoms with Crippen molar-refractivity contribution in [2.75, 3.05) is 18.5 Å². The fourth-order valence-electron chi connectivity index (χ4n) is 2.64. The number of hydrogen-bond acceptors (Lipinski definition) is 4. The largest absolute Gasteiger partial charge is 0.490 e. The SMILES string of the molecule is O=CNCCOc1ccc(-c2ncc(C(F)(F)F)[nH]2)cc1NC(=O)C#Cc1cccc(Cl)c1. The first kappa shape index (κ1) is 23.7. The van der Waals surface area contributed by atoms with Crippen molar-refractivity contribution in [3.05, 3.63) is 64.9 Å². The molecule has 0 saturated heterocycles. The van der Waals surface area contributed by atoms with Crippen LogP contribution in [0.4, 0.5) is 18.9 Å². The summed E-state index contributed by atoms with van der Waals surface area (Å²) in [6.07, 6.45) is -3.39. The molecule has 0 spiro atoms. The van der Waals surface area contributed by atoms with Gasteiger partial charge in [-0.05, 0) is 36.4 Å². The summed E-state index contributed by atoms with van der Waals surface area (Å²) in [4.78, 5) is 28.7. The van der Waals surface area contributed by atoms with Gasteiger partial charge in [-0.15, -0.1) is 0 Å². The maximum absolute atomic E-state index is 12.9. The number of hydrogen-bond donors (Lipinski definition) is 3. The number of carbonyl (C=O) groups is 2. The molecular weight excluding hydrogens is 461 g/mol. The molecule has 0 unspecified atom stereocenters. The van der Waals surface area contributed by atoms with Crippen molar-refractivity contribution in [1.82, 2.24) is 15.3 Å². The number of imidazole rings is 1. The highest BCUT2D eigenvalue weighted by atomic mass is 35.5. The van der Waals surface area contributed by atoms with Crippen molar-refractivity contribution in [2.45, 2.75) is 6.18 Å². The van der Waals surface area contributed by atoms with E-state index >= 15 is 0 Å².